The van der Waals surface area contributed by atoms with E-state index >= 15 is 0 Å². The second-order valence-corrected chi connectivity index (χ2v) is 5.17. The van der Waals surface area contributed by atoms with E-state index in [0.717, 1.165) is 12.1 Å². The molecular formula is C16H18N2. The molecule has 1 aliphatic rings. The van der Waals surface area contributed by atoms with Crippen molar-refractivity contribution < 1.29 is 0 Å². The molecule has 0 aliphatic heterocycles. The van der Waals surface area contributed by atoms with Crippen LogP contribution in [0.15, 0.2) is 36.5 Å². The predicted molar refractivity (Wildman–Crippen MR) is 74.6 cm³/mol. The molecule has 92 valence electrons. The summed E-state index contributed by atoms with van der Waals surface area (Å²) in [7, 11) is 0. The first kappa shape index (κ1) is 11.3. The number of aromatic nitrogens is 1. The minimum Gasteiger partial charge on any atom is -0.399 e. The van der Waals surface area contributed by atoms with Gasteiger partial charge in [0.2, 0.25) is 0 Å². The molecule has 1 unspecified atom stereocenters. The average Bonchev–Trinajstić information content (AvgIpc) is 2.37. The van der Waals surface area contributed by atoms with Gasteiger partial charge in [-0.3, -0.25) is 4.98 Å². The molecule has 2 N–H and O–H groups in total. The van der Waals surface area contributed by atoms with Gasteiger partial charge in [0.15, 0.2) is 0 Å². The molecule has 0 spiro atoms. The number of pyridine rings is 1. The van der Waals surface area contributed by atoms with Gasteiger partial charge in [0.25, 0.3) is 0 Å². The molecule has 0 radical (unpaired) electrons. The zero-order chi connectivity index (χ0) is 12.5. The Labute approximate surface area is 108 Å². The van der Waals surface area contributed by atoms with Crippen molar-refractivity contribution in [1.29, 1.82) is 0 Å². The first-order valence-electron chi connectivity index (χ1n) is 6.55. The molecule has 1 aliphatic carbocycles. The highest BCUT2D eigenvalue weighted by Crippen LogP contribution is 2.36. The quantitative estimate of drug-likeness (QED) is 0.773. The lowest BCUT2D eigenvalue weighted by Gasteiger charge is -2.25. The maximum Gasteiger partial charge on any atom is 0.0510 e. The van der Waals surface area contributed by atoms with E-state index in [9.17, 15) is 0 Å². The third-order valence-corrected chi connectivity index (χ3v) is 3.72. The van der Waals surface area contributed by atoms with Gasteiger partial charge in [-0.2, -0.15) is 0 Å². The Morgan fingerprint density at radius 3 is 3.00 bits per heavy atom. The molecule has 0 fully saturated rings. The van der Waals surface area contributed by atoms with Crippen LogP contribution in [0.2, 0.25) is 0 Å². The fourth-order valence-corrected chi connectivity index (χ4v) is 2.98. The minimum atomic E-state index is 0.414. The fraction of sp³-hybridized carbons (Fsp3) is 0.312. The van der Waals surface area contributed by atoms with Gasteiger partial charge in [0.05, 0.1) is 5.69 Å². The Balaban J connectivity index is 2.08. The number of benzene rings is 1. The number of anilines is 1. The molecule has 2 nitrogen and oxygen atoms in total. The molecule has 1 aromatic carbocycles. The second kappa shape index (κ2) is 4.45. The first-order valence-corrected chi connectivity index (χ1v) is 6.55. The summed E-state index contributed by atoms with van der Waals surface area (Å²) < 4.78 is 0. The van der Waals surface area contributed by atoms with Gasteiger partial charge in [0.1, 0.15) is 0 Å². The molecule has 0 bridgehead atoms. The van der Waals surface area contributed by atoms with Crippen molar-refractivity contribution in [2.75, 3.05) is 5.73 Å². The van der Waals surface area contributed by atoms with Crippen LogP contribution in [0, 0.1) is 6.92 Å². The van der Waals surface area contributed by atoms with E-state index in [2.05, 4.69) is 30.1 Å². The van der Waals surface area contributed by atoms with E-state index in [4.69, 9.17) is 5.73 Å². The summed E-state index contributed by atoms with van der Waals surface area (Å²) in [6.07, 6.45) is 5.46. The first-order chi connectivity index (χ1) is 8.74. The Morgan fingerprint density at radius 2 is 2.17 bits per heavy atom. The van der Waals surface area contributed by atoms with Crippen molar-refractivity contribution in [2.45, 2.75) is 32.1 Å². The highest BCUT2D eigenvalue weighted by Gasteiger charge is 2.23. The normalized spacial score (nSPS) is 18.4. The lowest BCUT2D eigenvalue weighted by atomic mass is 9.81. The number of nitrogens with two attached hydrogens (primary N) is 1. The molecule has 18 heavy (non-hydrogen) atoms. The van der Waals surface area contributed by atoms with Crippen LogP contribution in [-0.4, -0.2) is 4.98 Å². The molecule has 2 aromatic rings. The number of hydrogen-bond donors (Lipinski definition) is 1. The summed E-state index contributed by atoms with van der Waals surface area (Å²) >= 11 is 0. The zero-order valence-corrected chi connectivity index (χ0v) is 10.7. The van der Waals surface area contributed by atoms with Gasteiger partial charge in [-0.25, -0.2) is 0 Å². The van der Waals surface area contributed by atoms with Gasteiger partial charge >= 0.3 is 0 Å². The molecule has 2 heteroatoms. The van der Waals surface area contributed by atoms with Crippen LogP contribution in [0.3, 0.4) is 0 Å². The smallest absolute Gasteiger partial charge is 0.0510 e. The Bertz CT molecular complexity index is 555. The van der Waals surface area contributed by atoms with Crippen molar-refractivity contribution in [3.8, 4) is 0 Å². The number of fused-ring (bicyclic) bond motifs is 1. The molecular weight excluding hydrogens is 220 g/mol. The van der Waals surface area contributed by atoms with Gasteiger partial charge < -0.3 is 5.73 Å². The molecule has 3 rings (SSSR count). The van der Waals surface area contributed by atoms with Crippen LogP contribution in [0.25, 0.3) is 0 Å². The largest absolute Gasteiger partial charge is 0.399 e. The summed E-state index contributed by atoms with van der Waals surface area (Å²) in [5.74, 6) is 0.414. The summed E-state index contributed by atoms with van der Waals surface area (Å²) in [6.45, 7) is 2.10. The van der Waals surface area contributed by atoms with Crippen molar-refractivity contribution in [2.24, 2.45) is 0 Å². The summed E-state index contributed by atoms with van der Waals surface area (Å²) in [5.41, 5.74) is 12.0. The molecule has 1 heterocycles. The van der Waals surface area contributed by atoms with Crippen LogP contribution in [0.4, 0.5) is 5.69 Å². The van der Waals surface area contributed by atoms with Crippen LogP contribution >= 0.6 is 0 Å². The standard InChI is InChI=1S/C16H18N2/c1-11-8-13(10-14(17)9-11)15-6-2-4-12-5-3-7-18-16(12)15/h3,5,7-10,15H,2,4,6,17H2,1H3. The highest BCUT2D eigenvalue weighted by molar-refractivity contribution is 5.48. The zero-order valence-electron chi connectivity index (χ0n) is 10.7. The third-order valence-electron chi connectivity index (χ3n) is 3.72. The number of rotatable bonds is 1. The molecule has 0 saturated carbocycles. The van der Waals surface area contributed by atoms with Gasteiger partial charge in [-0.1, -0.05) is 12.1 Å². The lowest BCUT2D eigenvalue weighted by molar-refractivity contribution is 0.598. The monoisotopic (exact) mass is 238 g/mol. The Hall–Kier alpha value is -1.83. The number of hydrogen-bond acceptors (Lipinski definition) is 2. The third kappa shape index (κ3) is 1.99. The topological polar surface area (TPSA) is 38.9 Å². The van der Waals surface area contributed by atoms with E-state index < -0.39 is 0 Å². The fourth-order valence-electron chi connectivity index (χ4n) is 2.98. The molecule has 0 saturated heterocycles. The van der Waals surface area contributed by atoms with Crippen LogP contribution < -0.4 is 5.73 Å². The van der Waals surface area contributed by atoms with Crippen molar-refractivity contribution >= 4 is 5.69 Å². The van der Waals surface area contributed by atoms with Crippen molar-refractivity contribution in [3.05, 3.63) is 58.9 Å². The van der Waals surface area contributed by atoms with E-state index in [-0.39, 0.29) is 0 Å². The van der Waals surface area contributed by atoms with Gasteiger partial charge in [0, 0.05) is 17.8 Å². The Kier molecular flexibility index (Phi) is 2.78. The summed E-state index contributed by atoms with van der Waals surface area (Å²) in [5, 5.41) is 0. The second-order valence-electron chi connectivity index (χ2n) is 5.17. The Morgan fingerprint density at radius 1 is 1.28 bits per heavy atom. The summed E-state index contributed by atoms with van der Waals surface area (Å²) in [4.78, 5) is 4.60. The maximum absolute atomic E-state index is 5.97. The summed E-state index contributed by atoms with van der Waals surface area (Å²) in [6, 6.07) is 10.6. The average molecular weight is 238 g/mol. The van der Waals surface area contributed by atoms with Crippen molar-refractivity contribution in [3.63, 3.8) is 0 Å². The van der Waals surface area contributed by atoms with Crippen LogP contribution in [0.5, 0.6) is 0 Å². The van der Waals surface area contributed by atoms with E-state index in [0.29, 0.717) is 5.92 Å². The van der Waals surface area contributed by atoms with Crippen LogP contribution in [0.1, 0.15) is 41.1 Å². The highest BCUT2D eigenvalue weighted by atomic mass is 14.7. The minimum absolute atomic E-state index is 0.414. The van der Waals surface area contributed by atoms with Gasteiger partial charge in [-0.05, 0) is 61.1 Å². The van der Waals surface area contributed by atoms with E-state index in [1.165, 1.54) is 35.2 Å². The number of nitrogen functional groups attached to an aromatic ring is 1. The molecule has 1 aromatic heterocycles. The maximum atomic E-state index is 5.97. The molecule has 0 amide bonds. The van der Waals surface area contributed by atoms with E-state index in [1.54, 1.807) is 0 Å². The van der Waals surface area contributed by atoms with E-state index in [1.807, 2.05) is 18.3 Å². The van der Waals surface area contributed by atoms with Crippen molar-refractivity contribution in [1.82, 2.24) is 4.98 Å². The van der Waals surface area contributed by atoms with Gasteiger partial charge in [-0.15, -0.1) is 0 Å². The predicted octanol–water partition coefficient (Wildman–Crippen LogP) is 3.44. The number of nitrogens with zero attached hydrogens (tertiary/aromatic N) is 1. The lowest BCUT2D eigenvalue weighted by Crippen LogP contribution is -2.13. The SMILES string of the molecule is Cc1cc(N)cc(C2CCCc3cccnc32)c1. The number of aryl methyl sites for hydroxylation is 2. The molecule has 1 atom stereocenters. The van der Waals surface area contributed by atoms with Crippen LogP contribution in [-0.2, 0) is 6.42 Å².